The average molecular weight is 478 g/mol. The lowest BCUT2D eigenvalue weighted by atomic mass is 9.97. The minimum Gasteiger partial charge on any atom is -0.493 e. The van der Waals surface area contributed by atoms with Gasteiger partial charge in [0, 0.05) is 13.0 Å². The SMILES string of the molecule is C=CCOc1ccc(C2c3c(oc4cc(C)c(C)cc4c3=O)C(=O)N2CCC[NH+](C)C)cc1OC. The molecule has 0 fully saturated rings. The van der Waals surface area contributed by atoms with Crippen LogP contribution in [0.3, 0.4) is 0 Å². The minimum absolute atomic E-state index is 0.124. The first-order chi connectivity index (χ1) is 16.8. The van der Waals surface area contributed by atoms with E-state index in [4.69, 9.17) is 13.9 Å². The Morgan fingerprint density at radius 3 is 2.54 bits per heavy atom. The summed E-state index contributed by atoms with van der Waals surface area (Å²) in [4.78, 5) is 30.4. The van der Waals surface area contributed by atoms with Crippen LogP contribution in [-0.4, -0.2) is 51.7 Å². The van der Waals surface area contributed by atoms with Crippen molar-refractivity contribution in [2.45, 2.75) is 26.3 Å². The summed E-state index contributed by atoms with van der Waals surface area (Å²) < 4.78 is 17.4. The number of fused-ring (bicyclic) bond motifs is 2. The van der Waals surface area contributed by atoms with Crippen LogP contribution in [0.4, 0.5) is 0 Å². The zero-order valence-electron chi connectivity index (χ0n) is 21.1. The van der Waals surface area contributed by atoms with Crippen LogP contribution < -0.4 is 19.8 Å². The average Bonchev–Trinajstić information content (AvgIpc) is 3.10. The third-order valence-corrected chi connectivity index (χ3v) is 6.52. The molecule has 1 aliphatic rings. The van der Waals surface area contributed by atoms with Gasteiger partial charge in [-0.05, 0) is 54.8 Å². The third-order valence-electron chi connectivity index (χ3n) is 6.52. The van der Waals surface area contributed by atoms with Gasteiger partial charge in [-0.2, -0.15) is 0 Å². The van der Waals surface area contributed by atoms with Gasteiger partial charge in [-0.15, -0.1) is 0 Å². The number of carbonyl (C=O) groups is 1. The minimum atomic E-state index is -0.570. The molecule has 184 valence electrons. The number of amides is 1. The van der Waals surface area contributed by atoms with E-state index >= 15 is 0 Å². The normalized spacial score (nSPS) is 15.1. The van der Waals surface area contributed by atoms with Crippen LogP contribution in [0.15, 0.2) is 52.2 Å². The molecule has 7 nitrogen and oxygen atoms in total. The fourth-order valence-corrected chi connectivity index (χ4v) is 4.58. The second kappa shape index (κ2) is 9.96. The van der Waals surface area contributed by atoms with Crippen molar-refractivity contribution in [2.24, 2.45) is 0 Å². The van der Waals surface area contributed by atoms with E-state index in [2.05, 4.69) is 20.7 Å². The molecule has 0 saturated carbocycles. The van der Waals surface area contributed by atoms with Crippen LogP contribution in [-0.2, 0) is 0 Å². The fraction of sp³-hybridized carbons (Fsp3) is 0.357. The highest BCUT2D eigenvalue weighted by Gasteiger charge is 2.42. The lowest BCUT2D eigenvalue weighted by molar-refractivity contribution is -0.858. The maximum atomic E-state index is 13.8. The van der Waals surface area contributed by atoms with Crippen molar-refractivity contribution in [1.82, 2.24) is 4.90 Å². The molecular formula is C28H33N2O5+. The summed E-state index contributed by atoms with van der Waals surface area (Å²) >= 11 is 0. The van der Waals surface area contributed by atoms with Gasteiger partial charge in [0.15, 0.2) is 16.9 Å². The van der Waals surface area contributed by atoms with Gasteiger partial charge in [0.2, 0.25) is 5.76 Å². The fourth-order valence-electron chi connectivity index (χ4n) is 4.58. The molecule has 2 aromatic carbocycles. The van der Waals surface area contributed by atoms with E-state index in [1.54, 1.807) is 24.2 Å². The summed E-state index contributed by atoms with van der Waals surface area (Å²) in [7, 11) is 5.72. The number of hydrogen-bond acceptors (Lipinski definition) is 5. The van der Waals surface area contributed by atoms with E-state index in [0.29, 0.717) is 41.2 Å². The summed E-state index contributed by atoms with van der Waals surface area (Å²) in [5.74, 6) is 0.959. The van der Waals surface area contributed by atoms with Gasteiger partial charge in [0.25, 0.3) is 5.91 Å². The van der Waals surface area contributed by atoms with Gasteiger partial charge < -0.3 is 23.7 Å². The smallest absolute Gasteiger partial charge is 0.290 e. The second-order valence-corrected chi connectivity index (χ2v) is 9.33. The molecule has 0 spiro atoms. The number of benzene rings is 2. The summed E-state index contributed by atoms with van der Waals surface area (Å²) in [6, 6.07) is 8.63. The lowest BCUT2D eigenvalue weighted by Gasteiger charge is -2.26. The highest BCUT2D eigenvalue weighted by atomic mass is 16.5. The Morgan fingerprint density at radius 1 is 1.11 bits per heavy atom. The number of aryl methyl sites for hydroxylation is 2. The second-order valence-electron chi connectivity index (χ2n) is 9.33. The molecule has 35 heavy (non-hydrogen) atoms. The van der Waals surface area contributed by atoms with Crippen molar-refractivity contribution >= 4 is 16.9 Å². The van der Waals surface area contributed by atoms with Crippen molar-refractivity contribution in [1.29, 1.82) is 0 Å². The monoisotopic (exact) mass is 477 g/mol. The van der Waals surface area contributed by atoms with Crippen molar-refractivity contribution in [2.75, 3.05) is 40.9 Å². The third kappa shape index (κ3) is 4.56. The quantitative estimate of drug-likeness (QED) is 0.480. The van der Waals surface area contributed by atoms with Gasteiger partial charge >= 0.3 is 0 Å². The molecule has 4 rings (SSSR count). The molecule has 3 aromatic rings. The van der Waals surface area contributed by atoms with Gasteiger partial charge in [-0.3, -0.25) is 9.59 Å². The van der Waals surface area contributed by atoms with Crippen LogP contribution in [0.2, 0.25) is 0 Å². The number of quaternary nitrogens is 1. The molecule has 7 heteroatoms. The van der Waals surface area contributed by atoms with Crippen molar-refractivity contribution in [3.63, 3.8) is 0 Å². The largest absolute Gasteiger partial charge is 0.493 e. The number of ether oxygens (including phenoxy) is 2. The molecule has 1 atom stereocenters. The van der Waals surface area contributed by atoms with Crippen LogP contribution >= 0.6 is 0 Å². The predicted octanol–water partition coefficient (Wildman–Crippen LogP) is 3.06. The number of nitrogens with zero attached hydrogens (tertiary/aromatic N) is 1. The number of rotatable bonds is 9. The van der Waals surface area contributed by atoms with Crippen LogP contribution in [0.25, 0.3) is 11.0 Å². The molecule has 0 aliphatic carbocycles. The van der Waals surface area contributed by atoms with Crippen molar-refractivity contribution in [3.05, 3.63) is 81.2 Å². The first-order valence-corrected chi connectivity index (χ1v) is 11.9. The van der Waals surface area contributed by atoms with Gasteiger partial charge in [-0.1, -0.05) is 18.7 Å². The van der Waals surface area contributed by atoms with E-state index < -0.39 is 6.04 Å². The first kappa shape index (κ1) is 24.5. The molecule has 1 amide bonds. The Hall–Kier alpha value is -3.58. The predicted molar refractivity (Wildman–Crippen MR) is 136 cm³/mol. The van der Waals surface area contributed by atoms with E-state index in [1.165, 1.54) is 4.90 Å². The zero-order valence-corrected chi connectivity index (χ0v) is 21.1. The van der Waals surface area contributed by atoms with Gasteiger partial charge in [0.1, 0.15) is 12.2 Å². The summed E-state index contributed by atoms with van der Waals surface area (Å²) in [6.07, 6.45) is 2.45. The Kier molecular flexibility index (Phi) is 6.98. The lowest BCUT2D eigenvalue weighted by Crippen LogP contribution is -3.05. The molecular weight excluding hydrogens is 444 g/mol. The van der Waals surface area contributed by atoms with Crippen LogP contribution in [0.5, 0.6) is 11.5 Å². The van der Waals surface area contributed by atoms with Crippen molar-refractivity contribution in [3.8, 4) is 11.5 Å². The highest BCUT2D eigenvalue weighted by molar-refractivity contribution is 5.99. The van der Waals surface area contributed by atoms with E-state index in [-0.39, 0.29) is 17.1 Å². The molecule has 0 radical (unpaired) electrons. The molecule has 1 unspecified atom stereocenters. The number of nitrogens with one attached hydrogen (secondary N) is 1. The first-order valence-electron chi connectivity index (χ1n) is 11.9. The van der Waals surface area contributed by atoms with Crippen LogP contribution in [0, 0.1) is 13.8 Å². The van der Waals surface area contributed by atoms with E-state index in [9.17, 15) is 9.59 Å². The molecule has 0 saturated heterocycles. The summed E-state index contributed by atoms with van der Waals surface area (Å²) in [5.41, 5.74) is 3.43. The summed E-state index contributed by atoms with van der Waals surface area (Å²) in [5, 5.41) is 0.488. The number of hydrogen-bond donors (Lipinski definition) is 1. The van der Waals surface area contributed by atoms with Gasteiger partial charge in [0.05, 0.1) is 44.7 Å². The topological polar surface area (TPSA) is 73.4 Å². The highest BCUT2D eigenvalue weighted by Crippen LogP contribution is 2.41. The molecule has 1 N–H and O–H groups in total. The van der Waals surface area contributed by atoms with E-state index in [1.807, 2.05) is 38.1 Å². The molecule has 2 heterocycles. The molecule has 0 bridgehead atoms. The Morgan fingerprint density at radius 2 is 1.86 bits per heavy atom. The Bertz CT molecular complexity index is 1340. The standard InChI is InChI=1S/C28H32N2O5/c1-7-13-34-21-10-9-19(16-23(21)33-6)25-24-26(31)20-14-17(2)18(3)15-22(20)35-27(24)28(32)30(25)12-8-11-29(4)5/h7,9-10,14-16,25H,1,8,11-13H2,2-6H3/p+1. The maximum Gasteiger partial charge on any atom is 0.290 e. The van der Waals surface area contributed by atoms with E-state index in [0.717, 1.165) is 29.7 Å². The van der Waals surface area contributed by atoms with Crippen molar-refractivity contribution < 1.29 is 23.6 Å². The number of carbonyl (C=O) groups excluding carboxylic acids is 1. The van der Waals surface area contributed by atoms with Gasteiger partial charge in [-0.25, -0.2) is 0 Å². The van der Waals surface area contributed by atoms with Crippen LogP contribution in [0.1, 0.15) is 45.3 Å². The Labute approximate surface area is 205 Å². The number of methoxy groups -OCH3 is 1. The molecule has 1 aliphatic heterocycles. The maximum absolute atomic E-state index is 13.8. The Balaban J connectivity index is 1.88. The summed E-state index contributed by atoms with van der Waals surface area (Å²) in [6.45, 7) is 9.35. The zero-order chi connectivity index (χ0) is 25.3. The molecule has 1 aromatic heterocycles.